The van der Waals surface area contributed by atoms with Gasteiger partial charge in [-0.2, -0.15) is 10.5 Å². The van der Waals surface area contributed by atoms with Crippen molar-refractivity contribution in [3.8, 4) is 12.1 Å². The van der Waals surface area contributed by atoms with Crippen molar-refractivity contribution in [2.45, 2.75) is 44.7 Å². The van der Waals surface area contributed by atoms with Crippen LogP contribution in [0.1, 0.15) is 53.8 Å². The Morgan fingerprint density at radius 3 is 1.78 bits per heavy atom. The third kappa shape index (κ3) is 7.95. The van der Waals surface area contributed by atoms with E-state index in [1.807, 2.05) is 78.4 Å². The van der Waals surface area contributed by atoms with Crippen LogP contribution in [-0.4, -0.2) is 32.0 Å². The Hall–Kier alpha value is -5.56. The number of aryl methyl sites for hydroxylation is 1. The highest BCUT2D eigenvalue weighted by Gasteiger charge is 2.25. The number of nitrogens with one attached hydrogen (secondary N) is 4. The van der Waals surface area contributed by atoms with Gasteiger partial charge >= 0.3 is 0 Å². The van der Waals surface area contributed by atoms with Gasteiger partial charge in [-0.1, -0.05) is 84.2 Å². The van der Waals surface area contributed by atoms with Crippen molar-refractivity contribution in [1.82, 2.24) is 30.6 Å². The van der Waals surface area contributed by atoms with Gasteiger partial charge in [0.25, 0.3) is 0 Å². The van der Waals surface area contributed by atoms with E-state index >= 15 is 0 Å². The van der Waals surface area contributed by atoms with Crippen LogP contribution < -0.4 is 21.3 Å². The third-order valence-electron chi connectivity index (χ3n) is 7.87. The monoisotopic (exact) mass is 680 g/mol. The lowest BCUT2D eigenvalue weighted by Gasteiger charge is -2.10. The molecule has 0 radical (unpaired) electrons. The lowest BCUT2D eigenvalue weighted by molar-refractivity contribution is 1.03. The predicted molar refractivity (Wildman–Crippen MR) is 197 cm³/mol. The number of benzene rings is 2. The summed E-state index contributed by atoms with van der Waals surface area (Å²) in [4.78, 5) is 17.6. The second-order valence-electron chi connectivity index (χ2n) is 11.7. The van der Waals surface area contributed by atoms with E-state index in [0.717, 1.165) is 63.8 Å². The minimum atomic E-state index is 0.471. The van der Waals surface area contributed by atoms with E-state index in [0.29, 0.717) is 46.5 Å². The molecular weight excluding hydrogens is 649 g/mol. The highest BCUT2D eigenvalue weighted by molar-refractivity contribution is 8.06. The van der Waals surface area contributed by atoms with Crippen LogP contribution >= 0.6 is 23.5 Å². The van der Waals surface area contributed by atoms with Crippen LogP contribution in [0.5, 0.6) is 0 Å². The first kappa shape index (κ1) is 32.0. The van der Waals surface area contributed by atoms with Gasteiger partial charge in [-0.25, -0.2) is 19.9 Å². The second-order valence-corrected chi connectivity index (χ2v) is 13.5. The number of aromatic nitrogens is 4. The van der Waals surface area contributed by atoms with Crippen LogP contribution in [0.4, 0.5) is 11.9 Å². The molecule has 4 aromatic rings. The minimum Gasteiger partial charge on any atom is -0.351 e. The van der Waals surface area contributed by atoms with Gasteiger partial charge in [0.05, 0.1) is 32.8 Å². The number of thioether (sulfide) groups is 2. The molecule has 2 aromatic carbocycles. The second kappa shape index (κ2) is 14.7. The summed E-state index contributed by atoms with van der Waals surface area (Å²) in [6, 6.07) is 27.4. The van der Waals surface area contributed by atoms with Gasteiger partial charge in [0.15, 0.2) is 0 Å². The van der Waals surface area contributed by atoms with Crippen LogP contribution in [0, 0.1) is 29.6 Å². The SMILES string of the molecule is Cc1cnc(NC2CC2)nc1C(C#N)=C1NC(c2ccccc2)=CS1.N#CC(=C1NC(c2ccccc2)=CS1)c1ccnc(NC2CC2)n1. The maximum atomic E-state index is 9.74. The summed E-state index contributed by atoms with van der Waals surface area (Å²) in [6.45, 7) is 1.93. The molecule has 8 rings (SSSR count). The van der Waals surface area contributed by atoms with Gasteiger partial charge in [-0.15, -0.1) is 0 Å². The van der Waals surface area contributed by atoms with Gasteiger partial charge in [-0.3, -0.25) is 0 Å². The van der Waals surface area contributed by atoms with E-state index in [1.54, 1.807) is 18.5 Å². The summed E-state index contributed by atoms with van der Waals surface area (Å²) < 4.78 is 0. The van der Waals surface area contributed by atoms with Crippen molar-refractivity contribution in [2.24, 2.45) is 0 Å². The largest absolute Gasteiger partial charge is 0.351 e. The van der Waals surface area contributed by atoms with E-state index in [1.165, 1.54) is 23.5 Å². The average Bonchev–Trinajstić information content (AvgIpc) is 4.04. The fourth-order valence-electron chi connectivity index (χ4n) is 4.95. The van der Waals surface area contributed by atoms with E-state index in [2.05, 4.69) is 53.3 Å². The van der Waals surface area contributed by atoms with Crippen molar-refractivity contribution in [3.05, 3.63) is 128 Å². The zero-order chi connectivity index (χ0) is 33.6. The Morgan fingerprint density at radius 2 is 1.24 bits per heavy atom. The molecule has 2 saturated carbocycles. The first-order valence-electron chi connectivity index (χ1n) is 16.0. The summed E-state index contributed by atoms with van der Waals surface area (Å²) >= 11 is 3.02. The number of nitriles is 2. The lowest BCUT2D eigenvalue weighted by Crippen LogP contribution is -2.10. The molecule has 0 saturated heterocycles. The van der Waals surface area contributed by atoms with E-state index in [4.69, 9.17) is 0 Å². The van der Waals surface area contributed by atoms with Gasteiger partial charge in [-0.05, 0) is 55.4 Å². The topological polar surface area (TPSA) is 147 Å². The highest BCUT2D eigenvalue weighted by atomic mass is 32.2. The molecule has 10 nitrogen and oxygen atoms in total. The zero-order valence-corrected chi connectivity index (χ0v) is 28.3. The first-order chi connectivity index (χ1) is 24.1. The standard InChI is InChI=1S/C19H17N5S.C18H15N5S/c1-12-10-21-19(22-14-7-8-14)24-17(12)15(9-20)18-23-16(11-25-18)13-5-3-2-4-6-13;19-10-14(15-8-9-20-18(23-15)21-13-6-7-13)17-22-16(11-24-17)12-4-2-1-3-5-12/h2-6,10-11,14,23H,7-8H2,1H3,(H,21,22,24);1-5,8-9,11,13,22H,6-7H2,(H,20,21,23). The zero-order valence-electron chi connectivity index (χ0n) is 26.6. The summed E-state index contributed by atoms with van der Waals surface area (Å²) in [5, 5.41) is 38.3. The molecule has 0 amide bonds. The van der Waals surface area contributed by atoms with Gasteiger partial charge in [0.2, 0.25) is 11.9 Å². The summed E-state index contributed by atoms with van der Waals surface area (Å²) in [7, 11) is 0. The average molecular weight is 681 g/mol. The predicted octanol–water partition coefficient (Wildman–Crippen LogP) is 7.46. The molecule has 4 aliphatic rings. The quantitative estimate of drug-likeness (QED) is 0.137. The smallest absolute Gasteiger partial charge is 0.223 e. The molecular formula is C37H32N10S2. The molecule has 49 heavy (non-hydrogen) atoms. The van der Waals surface area contributed by atoms with Crippen LogP contribution in [0.25, 0.3) is 22.5 Å². The van der Waals surface area contributed by atoms with Gasteiger partial charge < -0.3 is 21.3 Å². The van der Waals surface area contributed by atoms with Crippen molar-refractivity contribution in [3.63, 3.8) is 0 Å². The van der Waals surface area contributed by atoms with E-state index in [-0.39, 0.29) is 0 Å². The Labute approximate surface area is 293 Å². The molecule has 0 bridgehead atoms. The van der Waals surface area contributed by atoms with Crippen LogP contribution in [0.3, 0.4) is 0 Å². The molecule has 4 heterocycles. The van der Waals surface area contributed by atoms with Crippen LogP contribution in [-0.2, 0) is 0 Å². The summed E-state index contributed by atoms with van der Waals surface area (Å²) in [5.74, 6) is 1.18. The molecule has 4 N–H and O–H groups in total. The summed E-state index contributed by atoms with van der Waals surface area (Å²) in [5.41, 5.74) is 7.46. The molecule has 2 aliphatic heterocycles. The Morgan fingerprint density at radius 1 is 0.714 bits per heavy atom. The number of nitrogens with zero attached hydrogens (tertiary/aromatic N) is 6. The normalized spacial score (nSPS) is 18.3. The fraction of sp³-hybridized carbons (Fsp3) is 0.189. The lowest BCUT2D eigenvalue weighted by atomic mass is 10.1. The molecule has 0 unspecified atom stereocenters. The summed E-state index contributed by atoms with van der Waals surface area (Å²) in [6.07, 6.45) is 8.08. The van der Waals surface area contributed by atoms with E-state index in [9.17, 15) is 10.5 Å². The Bertz CT molecular complexity index is 2070. The molecule has 242 valence electrons. The number of hydrogen-bond acceptors (Lipinski definition) is 12. The van der Waals surface area contributed by atoms with E-state index < -0.39 is 0 Å². The molecule has 2 fully saturated rings. The third-order valence-corrected chi connectivity index (χ3v) is 9.67. The van der Waals surface area contributed by atoms with Crippen molar-refractivity contribution in [1.29, 1.82) is 10.5 Å². The fourth-order valence-corrected chi connectivity index (χ4v) is 6.67. The van der Waals surface area contributed by atoms with Gasteiger partial charge in [0, 0.05) is 35.3 Å². The van der Waals surface area contributed by atoms with Crippen molar-refractivity contribution < 1.29 is 0 Å². The number of allylic oxidation sites excluding steroid dienone is 2. The van der Waals surface area contributed by atoms with Crippen molar-refractivity contribution in [2.75, 3.05) is 10.6 Å². The first-order valence-corrected chi connectivity index (χ1v) is 17.7. The minimum absolute atomic E-state index is 0.471. The van der Waals surface area contributed by atoms with Crippen LogP contribution in [0.15, 0.2) is 100.0 Å². The Balaban J connectivity index is 0.000000154. The Kier molecular flexibility index (Phi) is 9.60. The van der Waals surface area contributed by atoms with Crippen LogP contribution in [0.2, 0.25) is 0 Å². The number of hydrogen-bond donors (Lipinski definition) is 4. The van der Waals surface area contributed by atoms with Crippen molar-refractivity contribution >= 4 is 58.0 Å². The number of rotatable bonds is 8. The molecule has 2 aromatic heterocycles. The maximum Gasteiger partial charge on any atom is 0.223 e. The molecule has 0 spiro atoms. The number of anilines is 2. The molecule has 0 atom stereocenters. The molecule has 2 aliphatic carbocycles. The van der Waals surface area contributed by atoms with Gasteiger partial charge in [0.1, 0.15) is 23.3 Å². The maximum absolute atomic E-state index is 9.74. The molecule has 12 heteroatoms. The highest BCUT2D eigenvalue weighted by Crippen LogP contribution is 2.36.